The lowest BCUT2D eigenvalue weighted by Crippen LogP contribution is -2.00. The van der Waals surface area contributed by atoms with E-state index in [-0.39, 0.29) is 5.75 Å². The lowest BCUT2D eigenvalue weighted by molar-refractivity contribution is 0.194. The third-order valence-electron chi connectivity index (χ3n) is 1.60. The van der Waals surface area contributed by atoms with Gasteiger partial charge in [0.05, 0.1) is 0 Å². The van der Waals surface area contributed by atoms with E-state index in [0.717, 1.165) is 7.11 Å². The zero-order valence-corrected chi connectivity index (χ0v) is 12.6. The molecule has 0 aliphatic heterocycles. The molecular formula is C7H11O10P3. The first kappa shape index (κ1) is 17.5. The van der Waals surface area contributed by atoms with Crippen molar-refractivity contribution in [3.05, 3.63) is 30.3 Å². The second kappa shape index (κ2) is 6.49. The van der Waals surface area contributed by atoms with E-state index in [1.54, 1.807) is 6.07 Å². The first-order valence-corrected chi connectivity index (χ1v) is 9.25. The molecular weight excluding hydrogens is 337 g/mol. The summed E-state index contributed by atoms with van der Waals surface area (Å²) in [6.45, 7) is 0. The molecule has 0 aromatic heterocycles. The molecule has 0 spiro atoms. The van der Waals surface area contributed by atoms with Gasteiger partial charge in [0.2, 0.25) is 0 Å². The molecule has 114 valence electrons. The highest BCUT2D eigenvalue weighted by Crippen LogP contribution is 2.67. The Morgan fingerprint density at radius 2 is 1.50 bits per heavy atom. The third-order valence-corrected chi connectivity index (χ3v) is 5.78. The second-order valence-corrected chi connectivity index (χ2v) is 7.82. The van der Waals surface area contributed by atoms with Crippen LogP contribution in [0.15, 0.2) is 30.3 Å². The van der Waals surface area contributed by atoms with Gasteiger partial charge in [-0.15, -0.1) is 0 Å². The van der Waals surface area contributed by atoms with Gasteiger partial charge in [-0.05, 0) is 12.1 Å². The van der Waals surface area contributed by atoms with Gasteiger partial charge in [0.15, 0.2) is 0 Å². The van der Waals surface area contributed by atoms with Crippen molar-refractivity contribution in [1.29, 1.82) is 0 Å². The predicted octanol–water partition coefficient (Wildman–Crippen LogP) is 2.05. The zero-order chi connectivity index (χ0) is 15.4. The Bertz CT molecular complexity index is 580. The molecule has 2 unspecified atom stereocenters. The Morgan fingerprint density at radius 1 is 0.950 bits per heavy atom. The quantitative estimate of drug-likeness (QED) is 0.625. The van der Waals surface area contributed by atoms with Gasteiger partial charge in [-0.1, -0.05) is 18.2 Å². The molecule has 10 nitrogen and oxygen atoms in total. The average molecular weight is 348 g/mol. The van der Waals surface area contributed by atoms with E-state index in [1.807, 2.05) is 0 Å². The summed E-state index contributed by atoms with van der Waals surface area (Å²) in [7, 11) is -14.5. The molecule has 20 heavy (non-hydrogen) atoms. The Kier molecular flexibility index (Phi) is 5.69. The van der Waals surface area contributed by atoms with E-state index < -0.39 is 23.5 Å². The van der Waals surface area contributed by atoms with Crippen LogP contribution < -0.4 is 4.52 Å². The Hall–Kier alpha value is -0.530. The monoisotopic (exact) mass is 348 g/mol. The fraction of sp³-hybridized carbons (Fsp3) is 0.143. The molecule has 0 saturated carbocycles. The standard InChI is InChI=1S/C7H11O10P3/c1-14-20(13,15-7-5-3-2-4-6-7)17-19(11,12)16-18(8,9)10/h2-6H,1H3,(H,11,12)(H2,8,9,10). The summed E-state index contributed by atoms with van der Waals surface area (Å²) in [6.07, 6.45) is 0. The molecule has 2 atom stereocenters. The maximum absolute atomic E-state index is 11.9. The number of benzene rings is 1. The van der Waals surface area contributed by atoms with Crippen molar-refractivity contribution in [3.8, 4) is 5.75 Å². The van der Waals surface area contributed by atoms with Crippen LogP contribution in [0.2, 0.25) is 0 Å². The molecule has 0 heterocycles. The Morgan fingerprint density at radius 3 is 1.95 bits per heavy atom. The molecule has 13 heteroatoms. The average Bonchev–Trinajstić information content (AvgIpc) is 2.26. The first-order chi connectivity index (χ1) is 9.05. The molecule has 0 fully saturated rings. The van der Waals surface area contributed by atoms with E-state index in [4.69, 9.17) is 19.2 Å². The summed E-state index contributed by atoms with van der Waals surface area (Å²) in [6, 6.07) is 7.35. The van der Waals surface area contributed by atoms with E-state index in [0.29, 0.717) is 0 Å². The van der Waals surface area contributed by atoms with Crippen LogP contribution >= 0.6 is 23.5 Å². The lowest BCUT2D eigenvalue weighted by Gasteiger charge is -2.19. The summed E-state index contributed by atoms with van der Waals surface area (Å²) in [5.41, 5.74) is 0. The number of phosphoric ester groups is 1. The van der Waals surface area contributed by atoms with E-state index >= 15 is 0 Å². The second-order valence-electron chi connectivity index (χ2n) is 3.16. The highest BCUT2D eigenvalue weighted by atomic mass is 31.3. The van der Waals surface area contributed by atoms with Gasteiger partial charge in [-0.25, -0.2) is 13.7 Å². The number of hydrogen-bond donors (Lipinski definition) is 3. The van der Waals surface area contributed by atoms with Crippen molar-refractivity contribution in [2.75, 3.05) is 7.11 Å². The zero-order valence-electron chi connectivity index (χ0n) is 9.93. The summed E-state index contributed by atoms with van der Waals surface area (Å²) in [5.74, 6) is -0.0196. The van der Waals surface area contributed by atoms with E-state index in [9.17, 15) is 13.7 Å². The molecule has 1 aromatic rings. The molecule has 0 saturated heterocycles. The van der Waals surface area contributed by atoms with Crippen LogP contribution in [0, 0.1) is 0 Å². The fourth-order valence-corrected chi connectivity index (χ4v) is 4.30. The number of hydrogen-bond acceptors (Lipinski definition) is 7. The molecule has 0 amide bonds. The summed E-state index contributed by atoms with van der Waals surface area (Å²) < 4.78 is 50.3. The van der Waals surface area contributed by atoms with Gasteiger partial charge >= 0.3 is 23.5 Å². The number of para-hydroxylation sites is 1. The smallest absolute Gasteiger partial charge is 0.404 e. The van der Waals surface area contributed by atoms with Gasteiger partial charge in [0.1, 0.15) is 5.75 Å². The van der Waals surface area contributed by atoms with Crippen LogP contribution in [0.5, 0.6) is 5.75 Å². The molecule has 3 N–H and O–H groups in total. The van der Waals surface area contributed by atoms with Crippen LogP contribution in [0.4, 0.5) is 0 Å². The minimum absolute atomic E-state index is 0.0196. The normalized spacial score (nSPS) is 18.0. The Balaban J connectivity index is 2.87. The van der Waals surface area contributed by atoms with Crippen LogP contribution in [0.25, 0.3) is 0 Å². The minimum Gasteiger partial charge on any atom is -0.404 e. The third kappa shape index (κ3) is 6.28. The van der Waals surface area contributed by atoms with Gasteiger partial charge in [-0.3, -0.25) is 4.52 Å². The topological polar surface area (TPSA) is 149 Å². The highest BCUT2D eigenvalue weighted by Gasteiger charge is 2.43. The van der Waals surface area contributed by atoms with Crippen molar-refractivity contribution >= 4 is 23.5 Å². The highest BCUT2D eigenvalue weighted by molar-refractivity contribution is 7.67. The summed E-state index contributed by atoms with van der Waals surface area (Å²) >= 11 is 0. The van der Waals surface area contributed by atoms with E-state index in [1.165, 1.54) is 24.3 Å². The molecule has 0 bridgehead atoms. The maximum atomic E-state index is 11.9. The lowest BCUT2D eigenvalue weighted by atomic mass is 10.3. The first-order valence-electron chi connectivity index (χ1n) is 4.77. The van der Waals surface area contributed by atoms with Gasteiger partial charge in [-0.2, -0.15) is 8.62 Å². The van der Waals surface area contributed by atoms with Crippen molar-refractivity contribution in [3.63, 3.8) is 0 Å². The fourth-order valence-electron chi connectivity index (χ4n) is 0.973. The van der Waals surface area contributed by atoms with E-state index in [2.05, 4.69) is 13.1 Å². The molecule has 0 aliphatic carbocycles. The molecule has 0 radical (unpaired) electrons. The molecule has 1 aromatic carbocycles. The molecule has 0 aliphatic rings. The van der Waals surface area contributed by atoms with Crippen molar-refractivity contribution in [2.45, 2.75) is 0 Å². The van der Waals surface area contributed by atoms with Crippen molar-refractivity contribution in [1.82, 2.24) is 0 Å². The largest absolute Gasteiger partial charge is 0.538 e. The molecule has 1 rings (SSSR count). The summed E-state index contributed by atoms with van der Waals surface area (Å²) in [4.78, 5) is 25.9. The van der Waals surface area contributed by atoms with Gasteiger partial charge < -0.3 is 19.2 Å². The SMILES string of the molecule is COP(=O)(Oc1ccccc1)OP(=O)(O)OP(=O)(O)O. The van der Waals surface area contributed by atoms with Gasteiger partial charge in [0, 0.05) is 7.11 Å². The van der Waals surface area contributed by atoms with Gasteiger partial charge in [0.25, 0.3) is 0 Å². The minimum atomic E-state index is -5.37. The number of rotatable bonds is 7. The van der Waals surface area contributed by atoms with Crippen molar-refractivity contribution < 1.29 is 46.0 Å². The van der Waals surface area contributed by atoms with Crippen molar-refractivity contribution in [2.24, 2.45) is 0 Å². The van der Waals surface area contributed by atoms with Crippen LogP contribution in [-0.2, 0) is 26.8 Å². The van der Waals surface area contributed by atoms with Crippen LogP contribution in [0.1, 0.15) is 0 Å². The Labute approximate surface area is 113 Å². The number of phosphoric acid groups is 3. The summed E-state index contributed by atoms with van der Waals surface area (Å²) in [5, 5.41) is 0. The van der Waals surface area contributed by atoms with Crippen LogP contribution in [0.3, 0.4) is 0 Å². The predicted molar refractivity (Wildman–Crippen MR) is 65.7 cm³/mol. The maximum Gasteiger partial charge on any atom is 0.538 e. The van der Waals surface area contributed by atoms with Crippen LogP contribution in [-0.4, -0.2) is 21.8 Å².